The lowest BCUT2D eigenvalue weighted by Gasteiger charge is -2.20. The summed E-state index contributed by atoms with van der Waals surface area (Å²) in [5, 5.41) is 12.0. The summed E-state index contributed by atoms with van der Waals surface area (Å²) in [5.41, 5.74) is 2.48. The van der Waals surface area contributed by atoms with Gasteiger partial charge in [-0.3, -0.25) is 9.78 Å². The number of nitrogens with zero attached hydrogens (tertiary/aromatic N) is 2. The summed E-state index contributed by atoms with van der Waals surface area (Å²) in [5.74, 6) is -1.25. The van der Waals surface area contributed by atoms with E-state index in [1.165, 1.54) is 6.07 Å². The lowest BCUT2D eigenvalue weighted by Crippen LogP contribution is -2.22. The molecule has 122 valence electrons. The van der Waals surface area contributed by atoms with E-state index in [0.717, 1.165) is 11.1 Å². The minimum Gasteiger partial charge on any atom is -0.481 e. The van der Waals surface area contributed by atoms with Gasteiger partial charge >= 0.3 is 5.97 Å². The molecule has 0 aliphatic heterocycles. The summed E-state index contributed by atoms with van der Waals surface area (Å²) >= 11 is 0. The Morgan fingerprint density at radius 3 is 2.61 bits per heavy atom. The van der Waals surface area contributed by atoms with Crippen LogP contribution < -0.4 is 10.2 Å². The number of carboxylic acids is 1. The van der Waals surface area contributed by atoms with Gasteiger partial charge in [-0.15, -0.1) is 0 Å². The lowest BCUT2D eigenvalue weighted by atomic mass is 10.1. The maximum Gasteiger partial charge on any atom is 0.305 e. The topological polar surface area (TPSA) is 65.5 Å². The van der Waals surface area contributed by atoms with Gasteiger partial charge in [-0.05, 0) is 35.4 Å². The smallest absolute Gasteiger partial charge is 0.305 e. The van der Waals surface area contributed by atoms with Crippen LogP contribution in [-0.2, 0) is 17.9 Å². The molecular formula is C17H20FN3O2. The molecular weight excluding hydrogens is 297 g/mol. The fourth-order valence-corrected chi connectivity index (χ4v) is 2.20. The Balaban J connectivity index is 1.95. The second kappa shape index (κ2) is 8.24. The zero-order valence-electron chi connectivity index (χ0n) is 13.0. The predicted molar refractivity (Wildman–Crippen MR) is 86.7 cm³/mol. The predicted octanol–water partition coefficient (Wildman–Crippen LogP) is 2.42. The van der Waals surface area contributed by atoms with Crippen molar-refractivity contribution < 1.29 is 14.3 Å². The molecule has 0 fully saturated rings. The molecule has 2 aromatic rings. The highest BCUT2D eigenvalue weighted by Crippen LogP contribution is 2.20. The molecule has 2 N–H and O–H groups in total. The molecule has 0 aliphatic carbocycles. The van der Waals surface area contributed by atoms with E-state index in [1.54, 1.807) is 36.5 Å². The Kier molecular flexibility index (Phi) is 6.05. The molecule has 1 aromatic carbocycles. The second-order valence-corrected chi connectivity index (χ2v) is 5.31. The number of nitrogens with one attached hydrogen (secondary N) is 1. The van der Waals surface area contributed by atoms with Crippen molar-refractivity contribution in [2.24, 2.45) is 0 Å². The van der Waals surface area contributed by atoms with Crippen LogP contribution in [0.2, 0.25) is 0 Å². The van der Waals surface area contributed by atoms with Crippen molar-refractivity contribution in [3.05, 3.63) is 59.7 Å². The van der Waals surface area contributed by atoms with Crippen LogP contribution in [0.1, 0.15) is 17.5 Å². The van der Waals surface area contributed by atoms with Gasteiger partial charge in [0.25, 0.3) is 0 Å². The number of anilines is 1. The number of hydrogen-bond acceptors (Lipinski definition) is 4. The Morgan fingerprint density at radius 2 is 1.91 bits per heavy atom. The number of carboxylic acid groups (broad SMARTS) is 1. The van der Waals surface area contributed by atoms with Crippen molar-refractivity contribution in [3.63, 3.8) is 0 Å². The van der Waals surface area contributed by atoms with E-state index in [0.29, 0.717) is 18.8 Å². The van der Waals surface area contributed by atoms with Gasteiger partial charge in [0, 0.05) is 39.1 Å². The van der Waals surface area contributed by atoms with Gasteiger partial charge in [-0.25, -0.2) is 4.39 Å². The molecule has 1 aromatic heterocycles. The Hall–Kier alpha value is -2.47. The van der Waals surface area contributed by atoms with Crippen molar-refractivity contribution in [1.82, 2.24) is 10.3 Å². The first-order valence-corrected chi connectivity index (χ1v) is 7.37. The summed E-state index contributed by atoms with van der Waals surface area (Å²) in [4.78, 5) is 16.2. The van der Waals surface area contributed by atoms with E-state index in [-0.39, 0.29) is 18.8 Å². The Morgan fingerprint density at radius 1 is 1.22 bits per heavy atom. The molecule has 0 saturated heterocycles. The number of hydrogen-bond donors (Lipinski definition) is 2. The largest absolute Gasteiger partial charge is 0.481 e. The van der Waals surface area contributed by atoms with Crippen molar-refractivity contribution >= 4 is 11.7 Å². The van der Waals surface area contributed by atoms with Crippen LogP contribution in [0.25, 0.3) is 0 Å². The Bertz CT molecular complexity index is 650. The molecule has 1 heterocycles. The zero-order chi connectivity index (χ0) is 16.7. The fraction of sp³-hybridized carbons (Fsp3) is 0.294. The third kappa shape index (κ3) is 5.34. The number of rotatable bonds is 8. The van der Waals surface area contributed by atoms with E-state index in [2.05, 4.69) is 10.3 Å². The van der Waals surface area contributed by atoms with Gasteiger partial charge in [0.1, 0.15) is 5.82 Å². The average Bonchev–Trinajstić information content (AvgIpc) is 2.55. The molecule has 0 aliphatic rings. The first kappa shape index (κ1) is 16.9. The van der Waals surface area contributed by atoms with Gasteiger partial charge in [0.05, 0.1) is 12.1 Å². The fourth-order valence-electron chi connectivity index (χ4n) is 2.20. The standard InChI is InChI=1S/C17H20FN3O2/c1-21(9-6-17(22)23)16-10-14(2-3-15(16)18)12-20-11-13-4-7-19-8-5-13/h2-5,7-8,10,20H,6,9,11-12H2,1H3,(H,22,23). The highest BCUT2D eigenvalue weighted by Gasteiger charge is 2.10. The minimum absolute atomic E-state index is 0.0273. The van der Waals surface area contributed by atoms with Crippen LogP contribution in [0.5, 0.6) is 0 Å². The first-order chi connectivity index (χ1) is 11.1. The zero-order valence-corrected chi connectivity index (χ0v) is 13.0. The van der Waals surface area contributed by atoms with Crippen molar-refractivity contribution in [2.75, 3.05) is 18.5 Å². The summed E-state index contributed by atoms with van der Waals surface area (Å²) in [6, 6.07) is 8.75. The molecule has 0 spiro atoms. The number of carbonyl (C=O) groups is 1. The SMILES string of the molecule is CN(CCC(=O)O)c1cc(CNCc2ccncc2)ccc1F. The molecule has 0 amide bonds. The van der Waals surface area contributed by atoms with Crippen LogP contribution in [-0.4, -0.2) is 29.7 Å². The van der Waals surface area contributed by atoms with Crippen molar-refractivity contribution in [3.8, 4) is 0 Å². The van der Waals surface area contributed by atoms with Crippen LogP contribution >= 0.6 is 0 Å². The second-order valence-electron chi connectivity index (χ2n) is 5.31. The molecule has 23 heavy (non-hydrogen) atoms. The van der Waals surface area contributed by atoms with Crippen molar-refractivity contribution in [2.45, 2.75) is 19.5 Å². The van der Waals surface area contributed by atoms with Crippen LogP contribution in [0, 0.1) is 5.82 Å². The highest BCUT2D eigenvalue weighted by atomic mass is 19.1. The average molecular weight is 317 g/mol. The lowest BCUT2D eigenvalue weighted by molar-refractivity contribution is -0.136. The number of pyridine rings is 1. The molecule has 0 atom stereocenters. The summed E-state index contributed by atoms with van der Waals surface area (Å²) in [7, 11) is 1.69. The van der Waals surface area contributed by atoms with E-state index in [9.17, 15) is 9.18 Å². The summed E-state index contributed by atoms with van der Waals surface area (Å²) in [6.07, 6.45) is 3.45. The molecule has 5 nitrogen and oxygen atoms in total. The molecule has 0 radical (unpaired) electrons. The number of benzene rings is 1. The number of aromatic nitrogens is 1. The quantitative estimate of drug-likeness (QED) is 0.783. The number of aliphatic carboxylic acids is 1. The van der Waals surface area contributed by atoms with Gasteiger partial charge in [0.15, 0.2) is 0 Å². The molecule has 2 rings (SSSR count). The van der Waals surface area contributed by atoms with Crippen LogP contribution in [0.15, 0.2) is 42.7 Å². The Labute approximate surface area is 134 Å². The monoisotopic (exact) mass is 317 g/mol. The van der Waals surface area contributed by atoms with Gasteiger partial charge in [-0.1, -0.05) is 6.07 Å². The van der Waals surface area contributed by atoms with Gasteiger partial charge in [0.2, 0.25) is 0 Å². The van der Waals surface area contributed by atoms with Crippen molar-refractivity contribution in [1.29, 1.82) is 0 Å². The van der Waals surface area contributed by atoms with Crippen LogP contribution in [0.3, 0.4) is 0 Å². The molecule has 0 unspecified atom stereocenters. The third-order valence-electron chi connectivity index (χ3n) is 3.49. The third-order valence-corrected chi connectivity index (χ3v) is 3.49. The first-order valence-electron chi connectivity index (χ1n) is 7.37. The van der Waals surface area contributed by atoms with E-state index < -0.39 is 5.97 Å². The normalized spacial score (nSPS) is 10.5. The molecule has 0 bridgehead atoms. The maximum absolute atomic E-state index is 13.9. The highest BCUT2D eigenvalue weighted by molar-refractivity contribution is 5.67. The van der Waals surface area contributed by atoms with E-state index in [1.807, 2.05) is 12.1 Å². The van der Waals surface area contributed by atoms with Gasteiger partial charge in [-0.2, -0.15) is 0 Å². The summed E-state index contributed by atoms with van der Waals surface area (Å²) in [6.45, 7) is 1.56. The molecule has 6 heteroatoms. The van der Waals surface area contributed by atoms with E-state index >= 15 is 0 Å². The van der Waals surface area contributed by atoms with Crippen LogP contribution in [0.4, 0.5) is 10.1 Å². The minimum atomic E-state index is -0.896. The van der Waals surface area contributed by atoms with E-state index in [4.69, 9.17) is 5.11 Å². The van der Waals surface area contributed by atoms with Gasteiger partial charge < -0.3 is 15.3 Å². The maximum atomic E-state index is 13.9. The summed E-state index contributed by atoms with van der Waals surface area (Å²) < 4.78 is 13.9. The number of halogens is 1. The molecule has 0 saturated carbocycles.